The Bertz CT molecular complexity index is 1600. The third-order valence-corrected chi connectivity index (χ3v) is 7.63. The lowest BCUT2D eigenvalue weighted by molar-refractivity contribution is -0.135. The monoisotopic (exact) mass is 615 g/mol. The van der Waals surface area contributed by atoms with Gasteiger partial charge in [-0.15, -0.1) is 0 Å². The van der Waals surface area contributed by atoms with Crippen LogP contribution in [0.1, 0.15) is 47.3 Å². The van der Waals surface area contributed by atoms with Crippen LogP contribution in [-0.2, 0) is 25.5 Å². The molecule has 0 radical (unpaired) electrons. The number of rotatable bonds is 9. The van der Waals surface area contributed by atoms with Gasteiger partial charge in [0.1, 0.15) is 0 Å². The van der Waals surface area contributed by atoms with Gasteiger partial charge in [-0.05, 0) is 53.8 Å². The van der Waals surface area contributed by atoms with E-state index < -0.39 is 23.9 Å². The maximum Gasteiger partial charge on any atom is 0.407 e. The third-order valence-electron chi connectivity index (χ3n) is 7.63. The van der Waals surface area contributed by atoms with Crippen LogP contribution in [0.3, 0.4) is 0 Å². The highest BCUT2D eigenvalue weighted by molar-refractivity contribution is 5.98. The van der Waals surface area contributed by atoms with E-state index in [1.54, 1.807) is 12.1 Å². The molecule has 3 aromatic carbocycles. The normalized spacial score (nSPS) is 14.0. The van der Waals surface area contributed by atoms with Gasteiger partial charge in [-0.2, -0.15) is 0 Å². The summed E-state index contributed by atoms with van der Waals surface area (Å²) in [5.74, 6) is -2.22. The largest absolute Gasteiger partial charge is 0.466 e. The first-order chi connectivity index (χ1) is 21.7. The Balaban J connectivity index is 1.52. The number of amides is 4. The molecule has 12 heteroatoms. The first kappa shape index (κ1) is 32.5. The Hall–Kier alpha value is -5.39. The quantitative estimate of drug-likeness (QED) is 0.162. The number of fused-ring (bicyclic) bond motifs is 1. The van der Waals surface area contributed by atoms with Crippen molar-refractivity contribution in [2.75, 3.05) is 38.2 Å². The van der Waals surface area contributed by atoms with E-state index in [2.05, 4.69) is 25.8 Å². The Labute approximate surface area is 261 Å². The molecule has 0 aliphatic carbocycles. The molecule has 4 rings (SSSR count). The predicted molar refractivity (Wildman–Crippen MR) is 168 cm³/mol. The number of nitrogens with one attached hydrogen (secondary N) is 3. The number of benzene rings is 3. The molecule has 1 fully saturated rings. The smallest absolute Gasteiger partial charge is 0.407 e. The molecule has 1 aliphatic heterocycles. The van der Waals surface area contributed by atoms with E-state index >= 15 is 0 Å². The second-order valence-electron chi connectivity index (χ2n) is 10.6. The van der Waals surface area contributed by atoms with Gasteiger partial charge in [0.25, 0.3) is 11.8 Å². The highest BCUT2D eigenvalue weighted by Crippen LogP contribution is 2.26. The van der Waals surface area contributed by atoms with Crippen LogP contribution in [0.5, 0.6) is 0 Å². The molecule has 1 aliphatic rings. The number of carboxylic acid groups (broad SMARTS) is 1. The SMILES string of the molecule is COC(=O)/C=C/C(=O)NNC(=O)CCc1ccc(N2CCCN(C(=O)O)CC2)cc1C(=O)N[C@H](C)c1cccc2ccccc12. The fourth-order valence-corrected chi connectivity index (χ4v) is 5.23. The predicted octanol–water partition coefficient (Wildman–Crippen LogP) is 3.33. The number of hydrogen-bond acceptors (Lipinski definition) is 7. The molecule has 0 unspecified atom stereocenters. The van der Waals surface area contributed by atoms with Gasteiger partial charge in [-0.25, -0.2) is 9.59 Å². The van der Waals surface area contributed by atoms with Crippen LogP contribution < -0.4 is 21.1 Å². The molecule has 0 aromatic heterocycles. The van der Waals surface area contributed by atoms with E-state index in [1.807, 2.05) is 55.5 Å². The zero-order valence-corrected chi connectivity index (χ0v) is 25.2. The molecular weight excluding hydrogens is 578 g/mol. The van der Waals surface area contributed by atoms with Crippen LogP contribution in [0.25, 0.3) is 10.8 Å². The lowest BCUT2D eigenvalue weighted by Gasteiger charge is -2.25. The Kier molecular flexibility index (Phi) is 11.1. The second-order valence-corrected chi connectivity index (χ2v) is 10.6. The van der Waals surface area contributed by atoms with Crippen LogP contribution in [0.2, 0.25) is 0 Å². The van der Waals surface area contributed by atoms with Gasteiger partial charge in [0.05, 0.1) is 13.2 Å². The number of hydrogen-bond donors (Lipinski definition) is 4. The van der Waals surface area contributed by atoms with Crippen molar-refractivity contribution in [2.24, 2.45) is 0 Å². The summed E-state index contributed by atoms with van der Waals surface area (Å²) in [5, 5.41) is 14.6. The number of nitrogens with zero attached hydrogens (tertiary/aromatic N) is 2. The van der Waals surface area contributed by atoms with E-state index in [9.17, 15) is 29.1 Å². The van der Waals surface area contributed by atoms with E-state index in [1.165, 1.54) is 12.0 Å². The van der Waals surface area contributed by atoms with Gasteiger partial charge < -0.3 is 25.0 Å². The number of carbonyl (C=O) groups excluding carboxylic acids is 4. The summed E-state index contributed by atoms with van der Waals surface area (Å²) in [6, 6.07) is 19.0. The summed E-state index contributed by atoms with van der Waals surface area (Å²) in [6.45, 7) is 3.80. The molecule has 0 spiro atoms. The maximum absolute atomic E-state index is 13.8. The minimum Gasteiger partial charge on any atom is -0.466 e. The van der Waals surface area contributed by atoms with Crippen molar-refractivity contribution in [1.82, 2.24) is 21.1 Å². The molecule has 12 nitrogen and oxygen atoms in total. The average molecular weight is 616 g/mol. The van der Waals surface area contributed by atoms with Crippen molar-refractivity contribution in [3.8, 4) is 0 Å². The standard InChI is InChI=1S/C33H37N5O7/c1-22(26-10-5-8-23-7-3-4-9-27(23)26)34-32(42)28-21-25(37-17-6-18-38(20-19-37)33(43)44)13-11-24(28)12-14-29(39)35-36-30(40)15-16-31(41)45-2/h3-5,7-11,13,15-16,21-22H,6,12,14,17-20H2,1-2H3,(H,34,42)(H,35,39)(H,36,40)(H,43,44)/b16-15+/t22-/m1/s1. The molecule has 1 atom stereocenters. The molecule has 1 saturated heterocycles. The number of anilines is 1. The number of hydrazine groups is 1. The highest BCUT2D eigenvalue weighted by atomic mass is 16.5. The van der Waals surface area contributed by atoms with Gasteiger partial charge in [0, 0.05) is 56.0 Å². The second kappa shape index (κ2) is 15.4. The van der Waals surface area contributed by atoms with Crippen LogP contribution in [0.15, 0.2) is 72.8 Å². The summed E-state index contributed by atoms with van der Waals surface area (Å²) in [7, 11) is 1.18. The Morgan fingerprint density at radius 1 is 0.933 bits per heavy atom. The lowest BCUT2D eigenvalue weighted by Crippen LogP contribution is -2.41. The molecule has 45 heavy (non-hydrogen) atoms. The number of esters is 1. The zero-order chi connectivity index (χ0) is 32.3. The molecule has 4 N–H and O–H groups in total. The summed E-state index contributed by atoms with van der Waals surface area (Å²) < 4.78 is 4.43. The Morgan fingerprint density at radius 3 is 2.49 bits per heavy atom. The maximum atomic E-state index is 13.8. The minimum atomic E-state index is -0.955. The third kappa shape index (κ3) is 8.82. The van der Waals surface area contributed by atoms with Crippen LogP contribution in [0.4, 0.5) is 10.5 Å². The summed E-state index contributed by atoms with van der Waals surface area (Å²) in [4.78, 5) is 64.3. The average Bonchev–Trinajstić information content (AvgIpc) is 3.31. The zero-order valence-electron chi connectivity index (χ0n) is 25.2. The number of carbonyl (C=O) groups is 5. The van der Waals surface area contributed by atoms with Crippen molar-refractivity contribution in [2.45, 2.75) is 32.2 Å². The van der Waals surface area contributed by atoms with Crippen LogP contribution in [-0.4, -0.2) is 73.1 Å². The molecule has 0 bridgehead atoms. The molecule has 236 valence electrons. The minimum absolute atomic E-state index is 0.0310. The summed E-state index contributed by atoms with van der Waals surface area (Å²) >= 11 is 0. The lowest BCUT2D eigenvalue weighted by atomic mass is 9.98. The number of aryl methyl sites for hydroxylation is 1. The summed E-state index contributed by atoms with van der Waals surface area (Å²) in [5.41, 5.74) is 7.28. The van der Waals surface area contributed by atoms with Crippen molar-refractivity contribution >= 4 is 46.2 Å². The van der Waals surface area contributed by atoms with Crippen LogP contribution in [0, 0.1) is 0 Å². The van der Waals surface area contributed by atoms with E-state index in [0.29, 0.717) is 43.7 Å². The van der Waals surface area contributed by atoms with Gasteiger partial charge >= 0.3 is 12.1 Å². The molecule has 1 heterocycles. The molecule has 4 amide bonds. The molecular formula is C33H37N5O7. The van der Waals surface area contributed by atoms with Gasteiger partial charge in [-0.1, -0.05) is 48.5 Å². The van der Waals surface area contributed by atoms with E-state index in [4.69, 9.17) is 0 Å². The number of ether oxygens (including phenoxy) is 1. The first-order valence-electron chi connectivity index (χ1n) is 14.7. The highest BCUT2D eigenvalue weighted by Gasteiger charge is 2.22. The molecule has 3 aromatic rings. The van der Waals surface area contributed by atoms with Crippen molar-refractivity contribution in [1.29, 1.82) is 0 Å². The number of methoxy groups -OCH3 is 1. The van der Waals surface area contributed by atoms with Gasteiger partial charge in [0.15, 0.2) is 0 Å². The van der Waals surface area contributed by atoms with E-state index in [-0.39, 0.29) is 24.8 Å². The fraction of sp³-hybridized carbons (Fsp3) is 0.303. The Morgan fingerprint density at radius 2 is 1.71 bits per heavy atom. The van der Waals surface area contributed by atoms with E-state index in [0.717, 1.165) is 34.2 Å². The first-order valence-corrected chi connectivity index (χ1v) is 14.7. The summed E-state index contributed by atoms with van der Waals surface area (Å²) in [6.07, 6.45) is 1.73. The molecule has 0 saturated carbocycles. The van der Waals surface area contributed by atoms with Crippen LogP contribution >= 0.6 is 0 Å². The van der Waals surface area contributed by atoms with Crippen molar-refractivity contribution < 1.29 is 33.8 Å². The van der Waals surface area contributed by atoms with Gasteiger partial charge in [-0.3, -0.25) is 25.2 Å². The fourth-order valence-electron chi connectivity index (χ4n) is 5.23. The van der Waals surface area contributed by atoms with Gasteiger partial charge in [0.2, 0.25) is 5.91 Å². The van der Waals surface area contributed by atoms with Crippen molar-refractivity contribution in [3.05, 3.63) is 89.5 Å². The topological polar surface area (TPSA) is 157 Å². The van der Waals surface area contributed by atoms with Crippen molar-refractivity contribution in [3.63, 3.8) is 0 Å².